The van der Waals surface area contributed by atoms with Crippen LogP contribution in [0.15, 0.2) is 0 Å². The summed E-state index contributed by atoms with van der Waals surface area (Å²) in [6.07, 6.45) is 1.34. The van der Waals surface area contributed by atoms with Crippen LogP contribution in [-0.4, -0.2) is 59.6 Å². The van der Waals surface area contributed by atoms with E-state index in [0.717, 1.165) is 23.7 Å². The van der Waals surface area contributed by atoms with Crippen molar-refractivity contribution in [3.8, 4) is 0 Å². The average molecular weight is 387 g/mol. The lowest BCUT2D eigenvalue weighted by Gasteiger charge is -2.16. The van der Waals surface area contributed by atoms with Crippen molar-refractivity contribution >= 4 is 57.7 Å². The van der Waals surface area contributed by atoms with Gasteiger partial charge in [-0.05, 0) is 6.42 Å². The molecule has 0 saturated carbocycles. The van der Waals surface area contributed by atoms with E-state index in [9.17, 15) is 9.59 Å². The number of halogens is 1. The third-order valence-electron chi connectivity index (χ3n) is 3.39. The monoisotopic (exact) mass is 386 g/mol. The number of amides is 3. The number of fused-ring (bicyclic) bond motifs is 1. The molecule has 2 heterocycles. The van der Waals surface area contributed by atoms with Crippen LogP contribution in [-0.2, 0) is 4.79 Å². The first-order chi connectivity index (χ1) is 10.2. The van der Waals surface area contributed by atoms with Gasteiger partial charge in [0.2, 0.25) is 5.91 Å². The fraction of sp³-hybridized carbons (Fsp3) is 0.833. The van der Waals surface area contributed by atoms with Crippen molar-refractivity contribution < 1.29 is 9.59 Å². The minimum atomic E-state index is -0.0771. The van der Waals surface area contributed by atoms with Crippen LogP contribution < -0.4 is 21.7 Å². The maximum atomic E-state index is 11.8. The summed E-state index contributed by atoms with van der Waals surface area (Å²) in [5.74, 6) is 2.88. The summed E-state index contributed by atoms with van der Waals surface area (Å²) in [5, 5.41) is 9.13. The molecule has 5 N–H and O–H groups in total. The first-order valence-corrected chi connectivity index (χ1v) is 10.6. The standard InChI is InChI=1S/C12H22N4O2S3.ClH/c13-3-5-20-21-6-4-14-10(17)2-1-9-11-8(7-19-9)15-12(18)16-11;/h8-9,11H,1-7,13H2,(H,14,17)(H2,15,16,18);1H. The molecule has 0 radical (unpaired) electrons. The maximum Gasteiger partial charge on any atom is 0.315 e. The summed E-state index contributed by atoms with van der Waals surface area (Å²) in [7, 11) is 3.48. The summed E-state index contributed by atoms with van der Waals surface area (Å²) < 4.78 is 0. The predicted molar refractivity (Wildman–Crippen MR) is 99.0 cm³/mol. The molecule has 3 amide bonds. The highest BCUT2D eigenvalue weighted by molar-refractivity contribution is 8.76. The zero-order valence-electron chi connectivity index (χ0n) is 12.2. The van der Waals surface area contributed by atoms with Gasteiger partial charge < -0.3 is 21.7 Å². The van der Waals surface area contributed by atoms with Gasteiger partial charge in [-0.25, -0.2) is 4.79 Å². The number of urea groups is 1. The molecular weight excluding hydrogens is 364 g/mol. The van der Waals surface area contributed by atoms with Crippen LogP contribution in [0.1, 0.15) is 12.8 Å². The molecule has 0 bridgehead atoms. The van der Waals surface area contributed by atoms with E-state index in [1.54, 1.807) is 21.6 Å². The zero-order valence-corrected chi connectivity index (χ0v) is 15.5. The average Bonchev–Trinajstić information content (AvgIpc) is 2.99. The first-order valence-electron chi connectivity index (χ1n) is 7.10. The van der Waals surface area contributed by atoms with Crippen LogP contribution in [0.25, 0.3) is 0 Å². The molecule has 22 heavy (non-hydrogen) atoms. The van der Waals surface area contributed by atoms with Gasteiger partial charge in [0.1, 0.15) is 0 Å². The second-order valence-corrected chi connectivity index (χ2v) is 8.92. The number of rotatable bonds is 9. The number of nitrogens with two attached hydrogens (primary N) is 1. The molecule has 128 valence electrons. The fourth-order valence-corrected chi connectivity index (χ4v) is 5.66. The molecular formula is C12H23ClN4O2S3. The van der Waals surface area contributed by atoms with E-state index in [2.05, 4.69) is 16.0 Å². The van der Waals surface area contributed by atoms with Gasteiger partial charge in [-0.1, -0.05) is 21.6 Å². The van der Waals surface area contributed by atoms with Crippen molar-refractivity contribution in [2.24, 2.45) is 5.73 Å². The van der Waals surface area contributed by atoms with Gasteiger partial charge in [-0.15, -0.1) is 12.4 Å². The van der Waals surface area contributed by atoms with E-state index < -0.39 is 0 Å². The van der Waals surface area contributed by atoms with Crippen molar-refractivity contribution in [1.29, 1.82) is 0 Å². The summed E-state index contributed by atoms with van der Waals surface area (Å²) >= 11 is 1.84. The van der Waals surface area contributed by atoms with Crippen LogP contribution in [0.3, 0.4) is 0 Å². The molecule has 0 aliphatic carbocycles. The SMILES string of the molecule is Cl.NCCSSCCNC(=O)CCC1SCC2NC(=O)NC21. The van der Waals surface area contributed by atoms with Crippen LogP contribution >= 0.6 is 45.8 Å². The van der Waals surface area contributed by atoms with E-state index in [1.807, 2.05) is 11.8 Å². The largest absolute Gasteiger partial charge is 0.355 e. The Morgan fingerprint density at radius 1 is 1.36 bits per heavy atom. The van der Waals surface area contributed by atoms with Crippen molar-refractivity contribution in [2.75, 3.05) is 30.3 Å². The summed E-state index contributed by atoms with van der Waals surface area (Å²) in [5.41, 5.74) is 5.40. The Labute approximate surface area is 149 Å². The van der Waals surface area contributed by atoms with Gasteiger partial charge in [-0.3, -0.25) is 4.79 Å². The summed E-state index contributed by atoms with van der Waals surface area (Å²) in [4.78, 5) is 23.1. The third-order valence-corrected chi connectivity index (χ3v) is 7.33. The number of hydrogen-bond donors (Lipinski definition) is 4. The van der Waals surface area contributed by atoms with E-state index in [-0.39, 0.29) is 36.4 Å². The van der Waals surface area contributed by atoms with E-state index in [1.165, 1.54) is 0 Å². The predicted octanol–water partition coefficient (Wildman–Crippen LogP) is 0.810. The molecule has 0 aromatic carbocycles. The Hall–Kier alpha value is 0.0400. The molecule has 2 fully saturated rings. The molecule has 3 atom stereocenters. The van der Waals surface area contributed by atoms with Gasteiger partial charge >= 0.3 is 6.03 Å². The van der Waals surface area contributed by atoms with E-state index in [0.29, 0.717) is 24.8 Å². The van der Waals surface area contributed by atoms with Crippen LogP contribution in [0.4, 0.5) is 4.79 Å². The molecule has 6 nitrogen and oxygen atoms in total. The Kier molecular flexibility index (Phi) is 9.81. The lowest BCUT2D eigenvalue weighted by atomic mass is 10.0. The van der Waals surface area contributed by atoms with Crippen LogP contribution in [0.5, 0.6) is 0 Å². The number of carbonyl (C=O) groups is 2. The minimum Gasteiger partial charge on any atom is -0.355 e. The highest BCUT2D eigenvalue weighted by Gasteiger charge is 2.42. The number of thioether (sulfide) groups is 1. The quantitative estimate of drug-likeness (QED) is 0.266. The number of hydrogen-bond acceptors (Lipinski definition) is 6. The smallest absolute Gasteiger partial charge is 0.315 e. The molecule has 0 spiro atoms. The second kappa shape index (κ2) is 10.7. The summed E-state index contributed by atoms with van der Waals surface area (Å²) in [6, 6.07) is 0.330. The Morgan fingerprint density at radius 2 is 2.14 bits per heavy atom. The Bertz CT molecular complexity index is 378. The van der Waals surface area contributed by atoms with E-state index in [4.69, 9.17) is 5.73 Å². The topological polar surface area (TPSA) is 96.2 Å². The third kappa shape index (κ3) is 6.27. The highest BCUT2D eigenvalue weighted by Crippen LogP contribution is 2.32. The van der Waals surface area contributed by atoms with Gasteiger partial charge in [-0.2, -0.15) is 11.8 Å². The van der Waals surface area contributed by atoms with Crippen molar-refractivity contribution in [3.05, 3.63) is 0 Å². The van der Waals surface area contributed by atoms with Gasteiger partial charge in [0.15, 0.2) is 0 Å². The van der Waals surface area contributed by atoms with Crippen LogP contribution in [0.2, 0.25) is 0 Å². The van der Waals surface area contributed by atoms with Gasteiger partial charge in [0, 0.05) is 42.0 Å². The normalized spacial score (nSPS) is 25.9. The van der Waals surface area contributed by atoms with Gasteiger partial charge in [0.25, 0.3) is 0 Å². The molecule has 0 aromatic rings. The summed E-state index contributed by atoms with van der Waals surface area (Å²) in [6.45, 7) is 1.39. The van der Waals surface area contributed by atoms with E-state index >= 15 is 0 Å². The van der Waals surface area contributed by atoms with Gasteiger partial charge in [0.05, 0.1) is 12.1 Å². The molecule has 2 aliphatic heterocycles. The highest BCUT2D eigenvalue weighted by atomic mass is 35.5. The molecule has 0 aromatic heterocycles. The molecule has 10 heteroatoms. The lowest BCUT2D eigenvalue weighted by molar-refractivity contribution is -0.121. The van der Waals surface area contributed by atoms with Crippen LogP contribution in [0, 0.1) is 0 Å². The molecule has 2 saturated heterocycles. The zero-order chi connectivity index (χ0) is 15.1. The number of carbonyl (C=O) groups excluding carboxylic acids is 2. The Morgan fingerprint density at radius 3 is 2.91 bits per heavy atom. The molecule has 2 aliphatic rings. The molecule has 3 unspecified atom stereocenters. The van der Waals surface area contributed by atoms with Crippen molar-refractivity contribution in [3.63, 3.8) is 0 Å². The molecule has 2 rings (SSSR count). The maximum absolute atomic E-state index is 11.8. The fourth-order valence-electron chi connectivity index (χ4n) is 2.40. The van der Waals surface area contributed by atoms with Crippen molar-refractivity contribution in [2.45, 2.75) is 30.2 Å². The number of nitrogens with one attached hydrogen (secondary N) is 3. The second-order valence-electron chi connectivity index (χ2n) is 4.94. The first kappa shape index (κ1) is 20.1. The Balaban J connectivity index is 0.00000242. The minimum absolute atomic E-state index is 0. The van der Waals surface area contributed by atoms with Crippen molar-refractivity contribution in [1.82, 2.24) is 16.0 Å². The lowest BCUT2D eigenvalue weighted by Crippen LogP contribution is -2.37.